The number of hydrogen-bond donors (Lipinski definition) is 2. The summed E-state index contributed by atoms with van der Waals surface area (Å²) in [4.78, 5) is 4.24. The zero-order valence-corrected chi connectivity index (χ0v) is 17.1. The first-order valence-corrected chi connectivity index (χ1v) is 8.38. The van der Waals surface area contributed by atoms with Gasteiger partial charge in [0.25, 0.3) is 0 Å². The lowest BCUT2D eigenvalue weighted by Crippen LogP contribution is -2.41. The third-order valence-corrected chi connectivity index (χ3v) is 4.17. The van der Waals surface area contributed by atoms with Gasteiger partial charge in [-0.2, -0.15) is 0 Å². The van der Waals surface area contributed by atoms with Gasteiger partial charge in [0, 0.05) is 32.2 Å². The molecule has 0 atom stereocenters. The molecule has 0 heterocycles. The summed E-state index contributed by atoms with van der Waals surface area (Å²) in [5, 5.41) is 6.66. The van der Waals surface area contributed by atoms with Gasteiger partial charge in [-0.05, 0) is 50.8 Å². The Morgan fingerprint density at radius 3 is 2.67 bits per heavy atom. The minimum atomic E-state index is -0.165. The van der Waals surface area contributed by atoms with Crippen molar-refractivity contribution in [1.29, 1.82) is 0 Å². The number of nitrogens with zero attached hydrogens (tertiary/aromatic N) is 1. The second-order valence-electron chi connectivity index (χ2n) is 6.42. The van der Waals surface area contributed by atoms with Crippen LogP contribution in [0.15, 0.2) is 29.3 Å². The number of halogens is 2. The van der Waals surface area contributed by atoms with E-state index in [9.17, 15) is 4.39 Å². The Labute approximate surface area is 161 Å². The van der Waals surface area contributed by atoms with Crippen LogP contribution in [0.2, 0.25) is 0 Å². The van der Waals surface area contributed by atoms with Crippen LogP contribution in [0.1, 0.15) is 38.7 Å². The van der Waals surface area contributed by atoms with E-state index < -0.39 is 0 Å². The standard InChI is InChI=1S/C18H28FN3O.HI/c1-14(2)23-11-5-10-21-17(20-3)22-13-18(8-9-18)15-6-4-7-16(19)12-15;/h4,6-7,12,14H,5,8-11,13H2,1-3H3,(H2,20,21,22);1H. The second kappa shape index (κ2) is 10.2. The normalized spacial score (nSPS) is 15.8. The van der Waals surface area contributed by atoms with Gasteiger partial charge in [0.2, 0.25) is 0 Å². The van der Waals surface area contributed by atoms with Crippen LogP contribution in [0, 0.1) is 5.82 Å². The molecule has 1 aliphatic rings. The lowest BCUT2D eigenvalue weighted by atomic mass is 9.96. The van der Waals surface area contributed by atoms with E-state index in [2.05, 4.69) is 15.6 Å². The maximum atomic E-state index is 13.4. The highest BCUT2D eigenvalue weighted by Crippen LogP contribution is 2.47. The number of benzene rings is 1. The molecule has 1 saturated carbocycles. The van der Waals surface area contributed by atoms with Crippen molar-refractivity contribution in [2.45, 2.75) is 44.6 Å². The summed E-state index contributed by atoms with van der Waals surface area (Å²) in [6, 6.07) is 6.94. The Morgan fingerprint density at radius 1 is 1.33 bits per heavy atom. The largest absolute Gasteiger partial charge is 0.379 e. The summed E-state index contributed by atoms with van der Waals surface area (Å²) >= 11 is 0. The lowest BCUT2D eigenvalue weighted by Gasteiger charge is -2.19. The highest BCUT2D eigenvalue weighted by molar-refractivity contribution is 14.0. The molecule has 4 nitrogen and oxygen atoms in total. The van der Waals surface area contributed by atoms with Crippen molar-refractivity contribution in [2.24, 2.45) is 4.99 Å². The molecule has 1 aliphatic carbocycles. The van der Waals surface area contributed by atoms with Crippen LogP contribution in [0.3, 0.4) is 0 Å². The van der Waals surface area contributed by atoms with E-state index >= 15 is 0 Å². The number of guanidine groups is 1. The summed E-state index contributed by atoms with van der Waals surface area (Å²) in [5.41, 5.74) is 1.13. The molecule has 0 unspecified atom stereocenters. The van der Waals surface area contributed by atoms with Crippen LogP contribution in [0.25, 0.3) is 0 Å². The fourth-order valence-electron chi connectivity index (χ4n) is 2.61. The molecule has 1 fully saturated rings. The SMILES string of the molecule is CN=C(NCCCOC(C)C)NCC1(c2cccc(F)c2)CC1.I. The molecule has 1 aromatic carbocycles. The van der Waals surface area contributed by atoms with Crippen LogP contribution in [0.4, 0.5) is 4.39 Å². The fraction of sp³-hybridized carbons (Fsp3) is 0.611. The Hall–Kier alpha value is -0.890. The highest BCUT2D eigenvalue weighted by Gasteiger charge is 2.44. The molecule has 0 radical (unpaired) electrons. The summed E-state index contributed by atoms with van der Waals surface area (Å²) in [5.74, 6) is 0.624. The zero-order chi connectivity index (χ0) is 16.7. The van der Waals surface area contributed by atoms with Crippen molar-refractivity contribution in [3.05, 3.63) is 35.6 Å². The molecule has 0 amide bonds. The molecule has 6 heteroatoms. The molecule has 2 N–H and O–H groups in total. The first-order valence-electron chi connectivity index (χ1n) is 8.38. The summed E-state index contributed by atoms with van der Waals surface area (Å²) < 4.78 is 18.9. The molecular weight excluding hydrogens is 420 g/mol. The summed E-state index contributed by atoms with van der Waals surface area (Å²) in [7, 11) is 1.77. The van der Waals surface area contributed by atoms with Gasteiger partial charge in [-0.1, -0.05) is 12.1 Å². The van der Waals surface area contributed by atoms with Gasteiger partial charge in [0.15, 0.2) is 5.96 Å². The van der Waals surface area contributed by atoms with E-state index in [1.54, 1.807) is 19.2 Å². The topological polar surface area (TPSA) is 45.7 Å². The quantitative estimate of drug-likeness (QED) is 0.277. The first-order chi connectivity index (χ1) is 11.1. The summed E-state index contributed by atoms with van der Waals surface area (Å²) in [6.07, 6.45) is 3.38. The second-order valence-corrected chi connectivity index (χ2v) is 6.42. The first kappa shape index (κ1) is 21.2. The molecular formula is C18H29FIN3O. The van der Waals surface area contributed by atoms with Gasteiger partial charge >= 0.3 is 0 Å². The van der Waals surface area contributed by atoms with Crippen molar-refractivity contribution in [2.75, 3.05) is 26.7 Å². The van der Waals surface area contributed by atoms with Crippen molar-refractivity contribution in [3.63, 3.8) is 0 Å². The van der Waals surface area contributed by atoms with Crippen LogP contribution < -0.4 is 10.6 Å². The maximum Gasteiger partial charge on any atom is 0.191 e. The van der Waals surface area contributed by atoms with Crippen LogP contribution in [0.5, 0.6) is 0 Å². The smallest absolute Gasteiger partial charge is 0.191 e. The van der Waals surface area contributed by atoms with E-state index in [0.29, 0.717) is 0 Å². The van der Waals surface area contributed by atoms with E-state index in [4.69, 9.17) is 4.74 Å². The molecule has 0 spiro atoms. The molecule has 1 aromatic rings. The van der Waals surface area contributed by atoms with Crippen molar-refractivity contribution in [3.8, 4) is 0 Å². The Kier molecular flexibility index (Phi) is 8.97. The van der Waals surface area contributed by atoms with E-state index in [-0.39, 0.29) is 41.3 Å². The lowest BCUT2D eigenvalue weighted by molar-refractivity contribution is 0.0776. The Morgan fingerprint density at radius 2 is 2.08 bits per heavy atom. The summed E-state index contributed by atoms with van der Waals surface area (Å²) in [6.45, 7) is 6.41. The predicted octanol–water partition coefficient (Wildman–Crippen LogP) is 3.46. The van der Waals surface area contributed by atoms with Crippen LogP contribution in [-0.2, 0) is 10.2 Å². The third-order valence-electron chi connectivity index (χ3n) is 4.17. The Bertz CT molecular complexity index is 533. The average Bonchev–Trinajstić information content (AvgIpc) is 3.31. The molecule has 0 aliphatic heterocycles. The monoisotopic (exact) mass is 449 g/mol. The highest BCUT2D eigenvalue weighted by atomic mass is 127. The minimum Gasteiger partial charge on any atom is -0.379 e. The molecule has 136 valence electrons. The van der Waals surface area contributed by atoms with Gasteiger partial charge in [-0.25, -0.2) is 4.39 Å². The van der Waals surface area contributed by atoms with Gasteiger partial charge in [0.05, 0.1) is 6.10 Å². The van der Waals surface area contributed by atoms with Crippen molar-refractivity contribution < 1.29 is 9.13 Å². The number of rotatable bonds is 8. The van der Waals surface area contributed by atoms with Crippen LogP contribution >= 0.6 is 24.0 Å². The molecule has 2 rings (SSSR count). The predicted molar refractivity (Wildman–Crippen MR) is 108 cm³/mol. The average molecular weight is 449 g/mol. The van der Waals surface area contributed by atoms with Crippen LogP contribution in [-0.4, -0.2) is 38.8 Å². The van der Waals surface area contributed by atoms with E-state index in [1.807, 2.05) is 19.9 Å². The number of nitrogens with one attached hydrogen (secondary N) is 2. The molecule has 0 bridgehead atoms. The van der Waals surface area contributed by atoms with Gasteiger partial charge in [-0.15, -0.1) is 24.0 Å². The molecule has 24 heavy (non-hydrogen) atoms. The maximum absolute atomic E-state index is 13.4. The van der Waals surface area contributed by atoms with Gasteiger partial charge < -0.3 is 15.4 Å². The van der Waals surface area contributed by atoms with E-state index in [0.717, 1.165) is 50.5 Å². The molecule has 0 saturated heterocycles. The number of ether oxygens (including phenoxy) is 1. The third kappa shape index (κ3) is 6.55. The van der Waals surface area contributed by atoms with E-state index in [1.165, 1.54) is 6.07 Å². The fourth-order valence-corrected chi connectivity index (χ4v) is 2.61. The Balaban J connectivity index is 0.00000288. The van der Waals surface area contributed by atoms with Gasteiger partial charge in [-0.3, -0.25) is 4.99 Å². The van der Waals surface area contributed by atoms with Crippen molar-refractivity contribution in [1.82, 2.24) is 10.6 Å². The zero-order valence-electron chi connectivity index (χ0n) is 14.8. The van der Waals surface area contributed by atoms with Gasteiger partial charge in [0.1, 0.15) is 5.82 Å². The minimum absolute atomic E-state index is 0. The van der Waals surface area contributed by atoms with Crippen molar-refractivity contribution >= 4 is 29.9 Å². The number of aliphatic imine (C=N–C) groups is 1. The molecule has 0 aromatic heterocycles. The number of hydrogen-bond acceptors (Lipinski definition) is 2.